The predicted octanol–water partition coefficient (Wildman–Crippen LogP) is 1.27. The van der Waals surface area contributed by atoms with E-state index >= 15 is 0 Å². The molecule has 0 saturated carbocycles. The van der Waals surface area contributed by atoms with Crippen LogP contribution in [0.1, 0.15) is 17.4 Å². The average molecular weight is 344 g/mol. The van der Waals surface area contributed by atoms with E-state index in [9.17, 15) is 4.79 Å². The monoisotopic (exact) mass is 344 g/mol. The van der Waals surface area contributed by atoms with Gasteiger partial charge in [0.25, 0.3) is 0 Å². The third-order valence-electron chi connectivity index (χ3n) is 4.43. The fraction of sp³-hybridized carbons (Fsp3) is 0.444. The zero-order valence-electron chi connectivity index (χ0n) is 14.4. The first kappa shape index (κ1) is 17.6. The molecule has 3 rings (SSSR count). The SMILES string of the molecule is Cc1cc(NC(=O)[C@H](c2ccccc2)N2CCN(CCO)CC2)no1. The van der Waals surface area contributed by atoms with Gasteiger partial charge in [0.2, 0.25) is 5.91 Å². The normalized spacial score (nSPS) is 17.4. The molecular formula is C18H24N4O3. The Labute approximate surface area is 147 Å². The number of β-amino-alcohol motifs (C(OH)–C–C–N with tert-alkyl or cyclic N) is 1. The summed E-state index contributed by atoms with van der Waals surface area (Å²) in [5, 5.41) is 15.8. The third kappa shape index (κ3) is 4.45. The summed E-state index contributed by atoms with van der Waals surface area (Å²) in [5.41, 5.74) is 0.954. The molecule has 1 fully saturated rings. The Kier molecular flexibility index (Phi) is 5.80. The molecule has 0 spiro atoms. The van der Waals surface area contributed by atoms with Crippen molar-refractivity contribution in [2.24, 2.45) is 0 Å². The van der Waals surface area contributed by atoms with Gasteiger partial charge in [0.05, 0.1) is 6.61 Å². The van der Waals surface area contributed by atoms with Crippen LogP contribution in [-0.2, 0) is 4.79 Å². The molecule has 1 saturated heterocycles. The van der Waals surface area contributed by atoms with Gasteiger partial charge in [0, 0.05) is 38.8 Å². The standard InChI is InChI=1S/C18H24N4O3/c1-14-13-16(20-25-14)19-18(24)17(15-5-3-2-4-6-15)22-9-7-21(8-10-22)11-12-23/h2-6,13,17,23H,7-12H2,1H3,(H,19,20,24)/t17-/m0/s1. The van der Waals surface area contributed by atoms with Gasteiger partial charge in [0.15, 0.2) is 5.82 Å². The van der Waals surface area contributed by atoms with Crippen LogP contribution in [0.2, 0.25) is 0 Å². The van der Waals surface area contributed by atoms with Crippen molar-refractivity contribution in [2.75, 3.05) is 44.6 Å². The molecule has 0 radical (unpaired) electrons. The number of carbonyl (C=O) groups is 1. The summed E-state index contributed by atoms with van der Waals surface area (Å²) < 4.78 is 5.03. The van der Waals surface area contributed by atoms with E-state index in [0.717, 1.165) is 31.7 Å². The number of hydrogen-bond donors (Lipinski definition) is 2. The molecule has 1 aromatic carbocycles. The molecular weight excluding hydrogens is 320 g/mol. The molecule has 7 nitrogen and oxygen atoms in total. The number of aliphatic hydroxyl groups is 1. The molecule has 1 aromatic heterocycles. The van der Waals surface area contributed by atoms with Gasteiger partial charge in [-0.15, -0.1) is 0 Å². The van der Waals surface area contributed by atoms with Crippen LogP contribution >= 0.6 is 0 Å². The lowest BCUT2D eigenvalue weighted by Gasteiger charge is -2.38. The number of aryl methyl sites for hydroxylation is 1. The molecule has 2 aromatic rings. The van der Waals surface area contributed by atoms with Crippen molar-refractivity contribution in [3.63, 3.8) is 0 Å². The van der Waals surface area contributed by atoms with Gasteiger partial charge >= 0.3 is 0 Å². The highest BCUT2D eigenvalue weighted by Gasteiger charge is 2.30. The summed E-state index contributed by atoms with van der Waals surface area (Å²) in [6.07, 6.45) is 0. The molecule has 25 heavy (non-hydrogen) atoms. The highest BCUT2D eigenvalue weighted by Crippen LogP contribution is 2.24. The molecule has 1 amide bonds. The zero-order chi connectivity index (χ0) is 17.6. The number of aliphatic hydroxyl groups excluding tert-OH is 1. The lowest BCUT2D eigenvalue weighted by molar-refractivity contribution is -0.122. The number of piperazine rings is 1. The van der Waals surface area contributed by atoms with Gasteiger partial charge in [-0.05, 0) is 12.5 Å². The van der Waals surface area contributed by atoms with Crippen LogP contribution in [0.25, 0.3) is 0 Å². The number of benzene rings is 1. The molecule has 0 unspecified atom stereocenters. The fourth-order valence-electron chi connectivity index (χ4n) is 3.17. The minimum atomic E-state index is -0.380. The van der Waals surface area contributed by atoms with Crippen molar-refractivity contribution >= 4 is 11.7 Å². The molecule has 1 atom stereocenters. The number of rotatable bonds is 6. The summed E-state index contributed by atoms with van der Waals surface area (Å²) in [6.45, 7) is 5.83. The van der Waals surface area contributed by atoms with E-state index in [0.29, 0.717) is 18.1 Å². The van der Waals surface area contributed by atoms with Crippen molar-refractivity contribution in [3.8, 4) is 0 Å². The van der Waals surface area contributed by atoms with E-state index in [1.54, 1.807) is 13.0 Å². The second-order valence-corrected chi connectivity index (χ2v) is 6.23. The van der Waals surface area contributed by atoms with Crippen LogP contribution in [0.4, 0.5) is 5.82 Å². The lowest BCUT2D eigenvalue weighted by atomic mass is 10.0. The Bertz CT molecular complexity index is 681. The molecule has 0 aliphatic carbocycles. The Balaban J connectivity index is 1.75. The number of hydrogen-bond acceptors (Lipinski definition) is 6. The first-order valence-corrected chi connectivity index (χ1v) is 8.54. The maximum Gasteiger partial charge on any atom is 0.247 e. The van der Waals surface area contributed by atoms with Gasteiger partial charge in [0.1, 0.15) is 11.8 Å². The Morgan fingerprint density at radius 3 is 2.60 bits per heavy atom. The van der Waals surface area contributed by atoms with Crippen molar-refractivity contribution in [1.29, 1.82) is 0 Å². The van der Waals surface area contributed by atoms with Gasteiger partial charge in [-0.3, -0.25) is 14.6 Å². The van der Waals surface area contributed by atoms with E-state index in [2.05, 4.69) is 20.3 Å². The van der Waals surface area contributed by atoms with Crippen molar-refractivity contribution < 1.29 is 14.4 Å². The van der Waals surface area contributed by atoms with Crippen LogP contribution in [0.15, 0.2) is 40.9 Å². The molecule has 1 aliphatic heterocycles. The largest absolute Gasteiger partial charge is 0.395 e. The first-order valence-electron chi connectivity index (χ1n) is 8.54. The average Bonchev–Trinajstić information content (AvgIpc) is 3.03. The van der Waals surface area contributed by atoms with E-state index in [1.165, 1.54) is 0 Å². The molecule has 1 aliphatic rings. The van der Waals surface area contributed by atoms with Crippen LogP contribution < -0.4 is 5.32 Å². The van der Waals surface area contributed by atoms with E-state index in [-0.39, 0.29) is 18.6 Å². The Hall–Kier alpha value is -2.22. The second-order valence-electron chi connectivity index (χ2n) is 6.23. The number of amides is 1. The lowest BCUT2D eigenvalue weighted by Crippen LogP contribution is -2.50. The molecule has 2 heterocycles. The van der Waals surface area contributed by atoms with Crippen LogP contribution in [0, 0.1) is 6.92 Å². The van der Waals surface area contributed by atoms with Crippen molar-refractivity contribution in [3.05, 3.63) is 47.7 Å². The van der Waals surface area contributed by atoms with Crippen molar-refractivity contribution in [1.82, 2.24) is 15.0 Å². The zero-order valence-corrected chi connectivity index (χ0v) is 14.4. The Morgan fingerprint density at radius 2 is 2.00 bits per heavy atom. The topological polar surface area (TPSA) is 81.8 Å². The minimum absolute atomic E-state index is 0.116. The van der Waals surface area contributed by atoms with Gasteiger partial charge in [-0.2, -0.15) is 0 Å². The smallest absolute Gasteiger partial charge is 0.247 e. The summed E-state index contributed by atoms with van der Waals surface area (Å²) in [6, 6.07) is 11.1. The van der Waals surface area contributed by atoms with Crippen molar-refractivity contribution in [2.45, 2.75) is 13.0 Å². The number of nitrogens with zero attached hydrogens (tertiary/aromatic N) is 3. The third-order valence-corrected chi connectivity index (χ3v) is 4.43. The fourth-order valence-corrected chi connectivity index (χ4v) is 3.17. The quantitative estimate of drug-likeness (QED) is 0.821. The number of carbonyl (C=O) groups excluding carboxylic acids is 1. The highest BCUT2D eigenvalue weighted by atomic mass is 16.5. The maximum atomic E-state index is 12.9. The van der Waals surface area contributed by atoms with Crippen LogP contribution in [0.5, 0.6) is 0 Å². The number of anilines is 1. The molecule has 7 heteroatoms. The van der Waals surface area contributed by atoms with Gasteiger partial charge in [-0.25, -0.2) is 0 Å². The Morgan fingerprint density at radius 1 is 1.28 bits per heavy atom. The summed E-state index contributed by atoms with van der Waals surface area (Å²) >= 11 is 0. The molecule has 134 valence electrons. The number of nitrogens with one attached hydrogen (secondary N) is 1. The molecule has 2 N–H and O–H groups in total. The highest BCUT2D eigenvalue weighted by molar-refractivity contribution is 5.94. The maximum absolute atomic E-state index is 12.9. The minimum Gasteiger partial charge on any atom is -0.395 e. The van der Waals surface area contributed by atoms with Crippen LogP contribution in [-0.4, -0.2) is 65.3 Å². The van der Waals surface area contributed by atoms with Gasteiger partial charge in [-0.1, -0.05) is 35.5 Å². The van der Waals surface area contributed by atoms with E-state index in [1.807, 2.05) is 30.3 Å². The van der Waals surface area contributed by atoms with Crippen LogP contribution in [0.3, 0.4) is 0 Å². The first-order chi connectivity index (χ1) is 12.2. The number of aromatic nitrogens is 1. The van der Waals surface area contributed by atoms with Gasteiger partial charge < -0.3 is 14.9 Å². The van der Waals surface area contributed by atoms with E-state index < -0.39 is 0 Å². The second kappa shape index (κ2) is 8.24. The summed E-state index contributed by atoms with van der Waals surface area (Å²) in [7, 11) is 0. The summed E-state index contributed by atoms with van der Waals surface area (Å²) in [4.78, 5) is 17.3. The molecule has 0 bridgehead atoms. The van der Waals surface area contributed by atoms with E-state index in [4.69, 9.17) is 9.63 Å². The predicted molar refractivity (Wildman–Crippen MR) is 94.2 cm³/mol. The summed E-state index contributed by atoms with van der Waals surface area (Å²) in [5.74, 6) is 0.974.